The first kappa shape index (κ1) is 16.0. The van der Waals surface area contributed by atoms with Gasteiger partial charge in [0.15, 0.2) is 0 Å². The van der Waals surface area contributed by atoms with Gasteiger partial charge in [0.25, 0.3) is 0 Å². The molecule has 1 unspecified atom stereocenters. The van der Waals surface area contributed by atoms with Gasteiger partial charge in [0, 0.05) is 18.8 Å². The van der Waals surface area contributed by atoms with Crippen molar-refractivity contribution in [1.29, 1.82) is 0 Å². The molecule has 0 saturated carbocycles. The van der Waals surface area contributed by atoms with Crippen molar-refractivity contribution >= 4 is 0 Å². The van der Waals surface area contributed by atoms with Crippen molar-refractivity contribution < 1.29 is 4.74 Å². The van der Waals surface area contributed by atoms with E-state index in [2.05, 4.69) is 43.6 Å². The average molecular weight is 264 g/mol. The van der Waals surface area contributed by atoms with Crippen molar-refractivity contribution in [2.45, 2.75) is 46.5 Å². The molecule has 1 heterocycles. The number of hydrogen-bond acceptors (Lipinski definition) is 3. The van der Waals surface area contributed by atoms with E-state index in [1.165, 1.54) is 5.56 Å². The van der Waals surface area contributed by atoms with Crippen molar-refractivity contribution in [3.63, 3.8) is 0 Å². The second kappa shape index (κ2) is 8.92. The van der Waals surface area contributed by atoms with Gasteiger partial charge in [-0.25, -0.2) is 4.98 Å². The summed E-state index contributed by atoms with van der Waals surface area (Å²) in [7, 11) is 0. The van der Waals surface area contributed by atoms with E-state index >= 15 is 0 Å². The van der Waals surface area contributed by atoms with Gasteiger partial charge in [-0.2, -0.15) is 0 Å². The predicted octanol–water partition coefficient (Wildman–Crippen LogP) is 3.71. The Morgan fingerprint density at radius 2 is 1.95 bits per heavy atom. The van der Waals surface area contributed by atoms with Gasteiger partial charge >= 0.3 is 0 Å². The van der Waals surface area contributed by atoms with E-state index in [4.69, 9.17) is 4.74 Å². The number of nitrogens with zero attached hydrogens (tertiary/aromatic N) is 2. The fraction of sp³-hybridized carbons (Fsp3) is 0.688. The van der Waals surface area contributed by atoms with Gasteiger partial charge in [-0.1, -0.05) is 33.8 Å². The molecule has 19 heavy (non-hydrogen) atoms. The lowest BCUT2D eigenvalue weighted by molar-refractivity contribution is 0.244. The number of hydrogen-bond donors (Lipinski definition) is 0. The van der Waals surface area contributed by atoms with E-state index < -0.39 is 0 Å². The molecular weight excluding hydrogens is 236 g/mol. The molecule has 1 atom stereocenters. The highest BCUT2D eigenvalue weighted by molar-refractivity contribution is 5.20. The van der Waals surface area contributed by atoms with Crippen LogP contribution in [0.1, 0.15) is 52.0 Å². The van der Waals surface area contributed by atoms with Gasteiger partial charge in [0.05, 0.1) is 6.61 Å². The first-order valence-corrected chi connectivity index (χ1v) is 7.52. The average Bonchev–Trinajstić information content (AvgIpc) is 2.47. The Bertz CT molecular complexity index is 333. The van der Waals surface area contributed by atoms with Crippen molar-refractivity contribution in [3.05, 3.63) is 23.9 Å². The molecular formula is C16H28N2O. The smallest absolute Gasteiger partial charge is 0.213 e. The summed E-state index contributed by atoms with van der Waals surface area (Å²) in [6.07, 6.45) is 4.14. The zero-order chi connectivity index (χ0) is 14.1. The third-order valence-corrected chi connectivity index (χ3v) is 3.70. The molecule has 0 N–H and O–H groups in total. The van der Waals surface area contributed by atoms with Gasteiger partial charge < -0.3 is 9.64 Å². The van der Waals surface area contributed by atoms with Gasteiger partial charge in [0.1, 0.15) is 0 Å². The molecule has 0 bridgehead atoms. The maximum atomic E-state index is 5.68. The Morgan fingerprint density at radius 1 is 1.21 bits per heavy atom. The molecule has 0 aliphatic heterocycles. The first-order chi connectivity index (χ1) is 9.21. The number of ether oxygens (including phenoxy) is 1. The van der Waals surface area contributed by atoms with Crippen molar-refractivity contribution in [2.75, 3.05) is 26.2 Å². The van der Waals surface area contributed by atoms with Gasteiger partial charge in [-0.15, -0.1) is 0 Å². The fourth-order valence-electron chi connectivity index (χ4n) is 2.01. The molecule has 1 aromatic rings. The Labute approximate surface area is 118 Å². The van der Waals surface area contributed by atoms with Crippen LogP contribution in [0.15, 0.2) is 18.3 Å². The Balaban J connectivity index is 2.30. The molecule has 0 aliphatic carbocycles. The van der Waals surface area contributed by atoms with Crippen molar-refractivity contribution in [1.82, 2.24) is 9.88 Å². The van der Waals surface area contributed by atoms with E-state index in [1.54, 1.807) is 0 Å². The molecule has 0 spiro atoms. The molecule has 1 aromatic heterocycles. The summed E-state index contributed by atoms with van der Waals surface area (Å²) in [5.41, 5.74) is 1.29. The van der Waals surface area contributed by atoms with Crippen LogP contribution in [-0.2, 0) is 0 Å². The second-order valence-electron chi connectivity index (χ2n) is 4.97. The molecule has 1 rings (SSSR count). The topological polar surface area (TPSA) is 25.4 Å². The fourth-order valence-corrected chi connectivity index (χ4v) is 2.01. The van der Waals surface area contributed by atoms with Gasteiger partial charge in [-0.05, 0) is 37.4 Å². The maximum Gasteiger partial charge on any atom is 0.213 e. The van der Waals surface area contributed by atoms with Crippen LogP contribution in [0, 0.1) is 0 Å². The summed E-state index contributed by atoms with van der Waals surface area (Å²) < 4.78 is 5.68. The van der Waals surface area contributed by atoms with Crippen LogP contribution in [0.2, 0.25) is 0 Å². The van der Waals surface area contributed by atoms with Crippen LogP contribution in [0.5, 0.6) is 5.88 Å². The van der Waals surface area contributed by atoms with E-state index in [0.29, 0.717) is 5.92 Å². The highest BCUT2D eigenvalue weighted by atomic mass is 16.5. The summed E-state index contributed by atoms with van der Waals surface area (Å²) >= 11 is 0. The first-order valence-electron chi connectivity index (χ1n) is 7.52. The van der Waals surface area contributed by atoms with E-state index in [-0.39, 0.29) is 0 Å². The van der Waals surface area contributed by atoms with E-state index in [9.17, 15) is 0 Å². The molecule has 3 heteroatoms. The molecule has 0 radical (unpaired) electrons. The quantitative estimate of drug-likeness (QED) is 0.636. The summed E-state index contributed by atoms with van der Waals surface area (Å²) in [5.74, 6) is 1.32. The van der Waals surface area contributed by atoms with Crippen LogP contribution in [-0.4, -0.2) is 36.1 Å². The summed E-state index contributed by atoms with van der Waals surface area (Å²) in [4.78, 5) is 6.77. The Kier molecular flexibility index (Phi) is 7.49. The summed E-state index contributed by atoms with van der Waals surface area (Å²) in [6.45, 7) is 12.9. The summed E-state index contributed by atoms with van der Waals surface area (Å²) in [6, 6.07) is 4.11. The minimum absolute atomic E-state index is 0.573. The third-order valence-electron chi connectivity index (χ3n) is 3.70. The predicted molar refractivity (Wildman–Crippen MR) is 80.8 cm³/mol. The highest BCUT2D eigenvalue weighted by Crippen LogP contribution is 2.19. The van der Waals surface area contributed by atoms with E-state index in [0.717, 1.165) is 45.0 Å². The summed E-state index contributed by atoms with van der Waals surface area (Å²) in [5, 5.41) is 0. The lowest BCUT2D eigenvalue weighted by Gasteiger charge is -2.17. The SMILES string of the molecule is CCC(C)c1ccc(OCCCN(CC)CC)nc1. The van der Waals surface area contributed by atoms with Crippen molar-refractivity contribution in [3.8, 4) is 5.88 Å². The lowest BCUT2D eigenvalue weighted by atomic mass is 10.0. The third kappa shape index (κ3) is 5.60. The van der Waals surface area contributed by atoms with Crippen LogP contribution in [0.25, 0.3) is 0 Å². The Morgan fingerprint density at radius 3 is 2.47 bits per heavy atom. The van der Waals surface area contributed by atoms with Gasteiger partial charge in [-0.3, -0.25) is 0 Å². The zero-order valence-electron chi connectivity index (χ0n) is 12.9. The Hall–Kier alpha value is -1.09. The number of pyridine rings is 1. The molecule has 0 aliphatic rings. The maximum absolute atomic E-state index is 5.68. The minimum atomic E-state index is 0.573. The lowest BCUT2D eigenvalue weighted by Crippen LogP contribution is -2.25. The van der Waals surface area contributed by atoms with Crippen LogP contribution in [0.4, 0.5) is 0 Å². The molecule has 0 saturated heterocycles. The normalized spacial score (nSPS) is 12.7. The van der Waals surface area contributed by atoms with Crippen LogP contribution < -0.4 is 4.74 Å². The highest BCUT2D eigenvalue weighted by Gasteiger charge is 2.04. The largest absolute Gasteiger partial charge is 0.478 e. The van der Waals surface area contributed by atoms with Crippen LogP contribution in [0.3, 0.4) is 0 Å². The van der Waals surface area contributed by atoms with Crippen LogP contribution >= 0.6 is 0 Å². The number of rotatable bonds is 9. The zero-order valence-corrected chi connectivity index (χ0v) is 12.9. The standard InChI is InChI=1S/C16H28N2O/c1-5-14(4)15-9-10-16(17-13-15)19-12-8-11-18(6-2)7-3/h9-10,13-14H,5-8,11-12H2,1-4H3. The molecule has 108 valence electrons. The molecule has 0 amide bonds. The molecule has 3 nitrogen and oxygen atoms in total. The monoisotopic (exact) mass is 264 g/mol. The molecule has 0 fully saturated rings. The molecule has 0 aromatic carbocycles. The second-order valence-corrected chi connectivity index (χ2v) is 4.97. The number of aromatic nitrogens is 1. The van der Waals surface area contributed by atoms with E-state index in [1.807, 2.05) is 12.3 Å². The minimum Gasteiger partial charge on any atom is -0.478 e. The van der Waals surface area contributed by atoms with Crippen molar-refractivity contribution in [2.24, 2.45) is 0 Å². The van der Waals surface area contributed by atoms with Gasteiger partial charge in [0.2, 0.25) is 5.88 Å².